The summed E-state index contributed by atoms with van der Waals surface area (Å²) < 4.78 is 46.3. The molecule has 232 valence electrons. The van der Waals surface area contributed by atoms with Gasteiger partial charge in [-0.15, -0.1) is 0 Å². The summed E-state index contributed by atoms with van der Waals surface area (Å²) in [6, 6.07) is 10.9. The predicted octanol–water partition coefficient (Wildman–Crippen LogP) is 6.03. The number of methoxy groups -OCH3 is 1. The summed E-state index contributed by atoms with van der Waals surface area (Å²) in [5.74, 6) is 0.208. The van der Waals surface area contributed by atoms with Crippen molar-refractivity contribution in [2.24, 2.45) is 10.4 Å². The average molecular weight is 606 g/mol. The summed E-state index contributed by atoms with van der Waals surface area (Å²) >= 11 is 0. The van der Waals surface area contributed by atoms with E-state index in [0.717, 1.165) is 69.1 Å². The van der Waals surface area contributed by atoms with E-state index in [4.69, 9.17) is 14.2 Å². The number of rotatable bonds is 9. The average Bonchev–Trinajstić information content (AvgIpc) is 3.95. The Morgan fingerprint density at radius 2 is 1.66 bits per heavy atom. The number of carbonyl (C=O) groups excluding carboxylic acids is 2. The van der Waals surface area contributed by atoms with Crippen LogP contribution in [-0.4, -0.2) is 68.1 Å². The third-order valence-corrected chi connectivity index (χ3v) is 9.24. The highest BCUT2D eigenvalue weighted by atomic mass is 19.1. The maximum Gasteiger partial charge on any atom is 0.337 e. The lowest BCUT2D eigenvalue weighted by Crippen LogP contribution is -2.41. The van der Waals surface area contributed by atoms with E-state index in [1.165, 1.54) is 7.11 Å². The van der Waals surface area contributed by atoms with Crippen LogP contribution in [-0.2, 0) is 16.1 Å². The highest BCUT2D eigenvalue weighted by Gasteiger charge is 2.45. The molecule has 3 aliphatic heterocycles. The third-order valence-electron chi connectivity index (χ3n) is 9.24. The first-order chi connectivity index (χ1) is 21.3. The lowest BCUT2D eigenvalue weighted by Gasteiger charge is -2.39. The Morgan fingerprint density at radius 1 is 1.02 bits per heavy atom. The number of alkyl halides is 1. The molecule has 2 aromatic carbocycles. The molecule has 2 aromatic rings. The number of esters is 1. The number of hydrogen-bond acceptors (Lipinski definition) is 7. The molecule has 1 spiro atoms. The van der Waals surface area contributed by atoms with E-state index in [2.05, 4.69) is 9.89 Å². The minimum Gasteiger partial charge on any atom is -0.490 e. The Labute approximate surface area is 255 Å². The molecule has 2 aliphatic carbocycles. The lowest BCUT2D eigenvalue weighted by molar-refractivity contribution is -0.118. The number of amides is 1. The summed E-state index contributed by atoms with van der Waals surface area (Å²) in [4.78, 5) is 33.3. The normalized spacial score (nSPS) is 23.4. The Hall–Kier alpha value is -3.79. The smallest absolute Gasteiger partial charge is 0.337 e. The second-order valence-corrected chi connectivity index (χ2v) is 12.8. The summed E-state index contributed by atoms with van der Waals surface area (Å²) in [6.07, 6.45) is 5.61. The van der Waals surface area contributed by atoms with Crippen LogP contribution in [0.1, 0.15) is 72.9 Å². The van der Waals surface area contributed by atoms with Crippen LogP contribution in [0.4, 0.5) is 14.5 Å². The molecule has 0 N–H and O–H groups in total. The number of halogens is 2. The molecule has 0 radical (unpaired) electrons. The third kappa shape index (κ3) is 6.09. The molecule has 10 heteroatoms. The zero-order chi connectivity index (χ0) is 30.4. The van der Waals surface area contributed by atoms with Crippen LogP contribution in [0.3, 0.4) is 0 Å². The lowest BCUT2D eigenvalue weighted by atomic mass is 9.77. The fourth-order valence-electron chi connectivity index (χ4n) is 6.44. The van der Waals surface area contributed by atoms with Gasteiger partial charge in [-0.25, -0.2) is 13.6 Å². The molecule has 4 fully saturated rings. The summed E-state index contributed by atoms with van der Waals surface area (Å²) in [6.45, 7) is 3.00. The Bertz CT molecular complexity index is 1470. The minimum atomic E-state index is -1.43. The van der Waals surface area contributed by atoms with Gasteiger partial charge in [-0.1, -0.05) is 0 Å². The molecule has 1 atom stereocenters. The van der Waals surface area contributed by atoms with Gasteiger partial charge in [0.15, 0.2) is 0 Å². The van der Waals surface area contributed by atoms with Crippen LogP contribution in [0.5, 0.6) is 11.5 Å². The Kier molecular flexibility index (Phi) is 7.64. The molecule has 7 rings (SSSR count). The van der Waals surface area contributed by atoms with E-state index >= 15 is 4.39 Å². The van der Waals surface area contributed by atoms with Gasteiger partial charge in [0.25, 0.3) is 0 Å². The van der Waals surface area contributed by atoms with Crippen LogP contribution in [0.25, 0.3) is 5.70 Å². The van der Waals surface area contributed by atoms with Crippen LogP contribution >= 0.6 is 0 Å². The van der Waals surface area contributed by atoms with Crippen molar-refractivity contribution in [3.05, 3.63) is 58.9 Å². The van der Waals surface area contributed by atoms with Crippen LogP contribution < -0.4 is 14.4 Å². The Morgan fingerprint density at radius 3 is 2.23 bits per heavy atom. The second-order valence-electron chi connectivity index (χ2n) is 12.8. The number of benzene rings is 2. The van der Waals surface area contributed by atoms with Gasteiger partial charge < -0.3 is 19.1 Å². The van der Waals surface area contributed by atoms with Gasteiger partial charge in [0.1, 0.15) is 29.2 Å². The topological polar surface area (TPSA) is 80.7 Å². The van der Waals surface area contributed by atoms with Gasteiger partial charge in [-0.05, 0) is 99.0 Å². The van der Waals surface area contributed by atoms with E-state index in [9.17, 15) is 14.0 Å². The zero-order valence-corrected chi connectivity index (χ0v) is 24.9. The number of anilines is 1. The number of carbonyl (C=O) groups is 2. The molecule has 44 heavy (non-hydrogen) atoms. The van der Waals surface area contributed by atoms with Crippen molar-refractivity contribution in [1.29, 1.82) is 0 Å². The number of piperidine rings is 1. The number of allylic oxidation sites excluding steroid dienone is 1. The second kappa shape index (κ2) is 11.6. The van der Waals surface area contributed by atoms with Gasteiger partial charge in [-0.3, -0.25) is 14.7 Å². The first-order valence-corrected chi connectivity index (χ1v) is 15.6. The molecular formula is C34H37F2N3O5. The maximum atomic E-state index is 15.1. The minimum absolute atomic E-state index is 0.0808. The predicted molar refractivity (Wildman–Crippen MR) is 161 cm³/mol. The molecule has 3 heterocycles. The fourth-order valence-corrected chi connectivity index (χ4v) is 6.44. The van der Waals surface area contributed by atoms with Crippen molar-refractivity contribution in [1.82, 2.24) is 4.90 Å². The molecule has 0 aromatic heterocycles. The number of hydrogen-bond donors (Lipinski definition) is 0. The van der Waals surface area contributed by atoms with Crippen molar-refractivity contribution < 1.29 is 32.6 Å². The van der Waals surface area contributed by atoms with Gasteiger partial charge in [0.05, 0.1) is 30.4 Å². The number of ether oxygens (including phenoxy) is 3. The molecule has 1 unspecified atom stereocenters. The molecular weight excluding hydrogens is 568 g/mol. The van der Waals surface area contributed by atoms with Crippen molar-refractivity contribution in [3.63, 3.8) is 0 Å². The standard InChI is InChI=1S/C34H37F2N3O5/c1-42-33(41)22-2-4-24(5-3-22)39-20-34(17-30(39)40)10-12-38(13-11-34)19-21-14-28(43-25-6-7-25)31(29(15-21)44-26-8-9-26)32-27(36)16-23(35)18-37-32/h2-5,14-15,18,23,25-26H,6-13,16-17,19-20H2,1H3. The highest BCUT2D eigenvalue weighted by Crippen LogP contribution is 2.46. The zero-order valence-electron chi connectivity index (χ0n) is 24.9. The summed E-state index contributed by atoms with van der Waals surface area (Å²) in [5, 5.41) is 0. The van der Waals surface area contributed by atoms with E-state index < -0.39 is 18.0 Å². The molecule has 5 aliphatic rings. The van der Waals surface area contributed by atoms with Crippen molar-refractivity contribution in [2.45, 2.75) is 76.3 Å². The van der Waals surface area contributed by atoms with Crippen LogP contribution in [0, 0.1) is 5.41 Å². The maximum absolute atomic E-state index is 15.1. The summed E-state index contributed by atoms with van der Waals surface area (Å²) in [5.41, 5.74) is 2.76. The van der Waals surface area contributed by atoms with Gasteiger partial charge >= 0.3 is 5.97 Å². The number of likely N-dealkylation sites (tertiary alicyclic amines) is 1. The van der Waals surface area contributed by atoms with E-state index in [1.54, 1.807) is 24.3 Å². The fraction of sp³-hybridized carbons (Fsp3) is 0.500. The van der Waals surface area contributed by atoms with Gasteiger partial charge in [-0.2, -0.15) is 0 Å². The summed E-state index contributed by atoms with van der Waals surface area (Å²) in [7, 11) is 1.35. The van der Waals surface area contributed by atoms with E-state index in [0.29, 0.717) is 42.1 Å². The quantitative estimate of drug-likeness (QED) is 0.325. The largest absolute Gasteiger partial charge is 0.490 e. The molecule has 2 saturated heterocycles. The van der Waals surface area contributed by atoms with Crippen molar-refractivity contribution in [3.8, 4) is 11.5 Å². The number of aliphatic imine (C=N–C) groups is 1. The van der Waals surface area contributed by atoms with Crippen molar-refractivity contribution in [2.75, 3.05) is 31.6 Å². The Balaban J connectivity index is 1.07. The molecule has 2 saturated carbocycles. The van der Waals surface area contributed by atoms with Gasteiger partial charge in [0.2, 0.25) is 5.91 Å². The van der Waals surface area contributed by atoms with E-state index in [1.807, 2.05) is 17.0 Å². The van der Waals surface area contributed by atoms with Crippen LogP contribution in [0.2, 0.25) is 0 Å². The van der Waals surface area contributed by atoms with Crippen molar-refractivity contribution >= 4 is 29.5 Å². The molecule has 1 amide bonds. The van der Waals surface area contributed by atoms with Gasteiger partial charge in [0, 0.05) is 37.8 Å². The molecule has 0 bridgehead atoms. The first-order valence-electron chi connectivity index (χ1n) is 15.6. The number of nitrogens with zero attached hydrogens (tertiary/aromatic N) is 3. The first kappa shape index (κ1) is 29.0. The molecule has 8 nitrogen and oxygen atoms in total. The SMILES string of the molecule is COC(=O)c1ccc(N2CC3(CCN(Cc4cc(OC5CC5)c(C5=C(F)CC(F)C=N5)c(OC5CC5)c4)CC3)CC2=O)cc1. The highest BCUT2D eigenvalue weighted by molar-refractivity contribution is 5.97. The van der Waals surface area contributed by atoms with E-state index in [-0.39, 0.29) is 35.6 Å². The monoisotopic (exact) mass is 605 g/mol. The van der Waals surface area contributed by atoms with Crippen LogP contribution in [0.15, 0.2) is 47.2 Å².